The second kappa shape index (κ2) is 5.49. The molecule has 0 spiro atoms. The number of hydrogen-bond acceptors (Lipinski definition) is 2. The summed E-state index contributed by atoms with van der Waals surface area (Å²) in [4.78, 5) is 25.2. The van der Waals surface area contributed by atoms with E-state index in [-0.39, 0.29) is 17.9 Å². The van der Waals surface area contributed by atoms with Crippen LogP contribution in [-0.2, 0) is 9.59 Å². The van der Waals surface area contributed by atoms with Gasteiger partial charge in [0.05, 0.1) is 12.5 Å². The third-order valence-corrected chi connectivity index (χ3v) is 3.07. The Labute approximate surface area is 106 Å². The number of nitrogens with one attached hydrogen (secondary N) is 1. The van der Waals surface area contributed by atoms with Gasteiger partial charge in [-0.15, -0.1) is 0 Å². The Kier molecular flexibility index (Phi) is 3.77. The van der Waals surface area contributed by atoms with Crippen LogP contribution in [0, 0.1) is 0 Å². The molecule has 1 fully saturated rings. The van der Waals surface area contributed by atoms with Crippen LogP contribution in [0.2, 0.25) is 0 Å². The molecule has 94 valence electrons. The van der Waals surface area contributed by atoms with Gasteiger partial charge in [-0.3, -0.25) is 9.59 Å². The monoisotopic (exact) mass is 244 g/mol. The topological polar surface area (TPSA) is 49.4 Å². The molecule has 18 heavy (non-hydrogen) atoms. The lowest BCUT2D eigenvalue weighted by atomic mass is 10.0. The first kappa shape index (κ1) is 12.4. The van der Waals surface area contributed by atoms with Crippen LogP contribution in [0.5, 0.6) is 0 Å². The number of nitrogens with zero attached hydrogens (tertiary/aromatic N) is 1. The van der Waals surface area contributed by atoms with Gasteiger partial charge in [-0.2, -0.15) is 0 Å². The second-order valence-electron chi connectivity index (χ2n) is 4.22. The Balaban J connectivity index is 2.33. The van der Waals surface area contributed by atoms with E-state index in [0.29, 0.717) is 19.5 Å². The Morgan fingerprint density at radius 1 is 1.39 bits per heavy atom. The van der Waals surface area contributed by atoms with Crippen LogP contribution in [0.1, 0.15) is 18.0 Å². The van der Waals surface area contributed by atoms with Crippen molar-refractivity contribution >= 4 is 11.8 Å². The molecular weight excluding hydrogens is 228 g/mol. The first-order valence-electron chi connectivity index (χ1n) is 5.97. The van der Waals surface area contributed by atoms with Crippen molar-refractivity contribution in [1.29, 1.82) is 0 Å². The first-order valence-corrected chi connectivity index (χ1v) is 5.97. The molecule has 1 aromatic carbocycles. The van der Waals surface area contributed by atoms with Gasteiger partial charge in [0.25, 0.3) is 0 Å². The normalized spacial score (nSPS) is 19.9. The number of benzene rings is 1. The fraction of sp³-hybridized carbons (Fsp3) is 0.286. The molecule has 0 unspecified atom stereocenters. The number of carbonyl (C=O) groups excluding carboxylic acids is 2. The molecule has 0 bridgehead atoms. The summed E-state index contributed by atoms with van der Waals surface area (Å²) in [7, 11) is 0. The predicted octanol–water partition coefficient (Wildman–Crippen LogP) is 1.26. The fourth-order valence-corrected chi connectivity index (χ4v) is 2.18. The molecule has 2 amide bonds. The van der Waals surface area contributed by atoms with E-state index in [1.807, 2.05) is 30.3 Å². The molecule has 0 aliphatic carbocycles. The summed E-state index contributed by atoms with van der Waals surface area (Å²) >= 11 is 0. The smallest absolute Gasteiger partial charge is 0.246 e. The molecule has 0 radical (unpaired) electrons. The average Bonchev–Trinajstić information content (AvgIpc) is 2.60. The van der Waals surface area contributed by atoms with Crippen molar-refractivity contribution in [1.82, 2.24) is 10.2 Å². The Morgan fingerprint density at radius 2 is 2.11 bits per heavy atom. The van der Waals surface area contributed by atoms with Crippen molar-refractivity contribution in [3.63, 3.8) is 0 Å². The third-order valence-electron chi connectivity index (χ3n) is 3.07. The maximum atomic E-state index is 11.9. The Bertz CT molecular complexity index is 456. The maximum absolute atomic E-state index is 11.9. The van der Waals surface area contributed by atoms with Gasteiger partial charge >= 0.3 is 0 Å². The molecule has 2 rings (SSSR count). The van der Waals surface area contributed by atoms with E-state index < -0.39 is 0 Å². The molecule has 1 aromatic rings. The van der Waals surface area contributed by atoms with Crippen molar-refractivity contribution in [2.45, 2.75) is 12.5 Å². The lowest BCUT2D eigenvalue weighted by Gasteiger charge is -2.28. The van der Waals surface area contributed by atoms with Crippen LogP contribution < -0.4 is 5.32 Å². The highest BCUT2D eigenvalue weighted by atomic mass is 16.2. The summed E-state index contributed by atoms with van der Waals surface area (Å²) < 4.78 is 0. The third kappa shape index (κ3) is 2.59. The van der Waals surface area contributed by atoms with E-state index in [0.717, 1.165) is 5.56 Å². The van der Waals surface area contributed by atoms with Crippen LogP contribution >= 0.6 is 0 Å². The van der Waals surface area contributed by atoms with Gasteiger partial charge in [0.2, 0.25) is 11.8 Å². The SMILES string of the molecule is C=CC(=O)N1CCNC(=O)C[C@H]1c1ccccc1. The summed E-state index contributed by atoms with van der Waals surface area (Å²) in [6.07, 6.45) is 1.59. The molecule has 0 aromatic heterocycles. The quantitative estimate of drug-likeness (QED) is 0.796. The van der Waals surface area contributed by atoms with Gasteiger partial charge in [-0.25, -0.2) is 0 Å². The van der Waals surface area contributed by atoms with Crippen LogP contribution in [0.3, 0.4) is 0 Å². The average molecular weight is 244 g/mol. The Hall–Kier alpha value is -2.10. The fourth-order valence-electron chi connectivity index (χ4n) is 2.18. The van der Waals surface area contributed by atoms with Crippen molar-refractivity contribution in [3.8, 4) is 0 Å². The molecular formula is C14H16N2O2. The van der Waals surface area contributed by atoms with Crippen molar-refractivity contribution in [2.24, 2.45) is 0 Å². The van der Waals surface area contributed by atoms with Crippen LogP contribution in [-0.4, -0.2) is 29.8 Å². The molecule has 1 aliphatic heterocycles. The highest BCUT2D eigenvalue weighted by Crippen LogP contribution is 2.25. The summed E-state index contributed by atoms with van der Waals surface area (Å²) in [5.41, 5.74) is 0.977. The number of amides is 2. The first-order chi connectivity index (χ1) is 8.72. The lowest BCUT2D eigenvalue weighted by molar-refractivity contribution is -0.128. The zero-order chi connectivity index (χ0) is 13.0. The van der Waals surface area contributed by atoms with Crippen molar-refractivity contribution < 1.29 is 9.59 Å². The van der Waals surface area contributed by atoms with Gasteiger partial charge < -0.3 is 10.2 Å². The molecule has 1 aliphatic rings. The zero-order valence-electron chi connectivity index (χ0n) is 10.1. The van der Waals surface area contributed by atoms with E-state index in [2.05, 4.69) is 11.9 Å². The van der Waals surface area contributed by atoms with Crippen molar-refractivity contribution in [2.75, 3.05) is 13.1 Å². The van der Waals surface area contributed by atoms with Crippen LogP contribution in [0.4, 0.5) is 0 Å². The van der Waals surface area contributed by atoms with Crippen LogP contribution in [0.15, 0.2) is 43.0 Å². The van der Waals surface area contributed by atoms with Gasteiger partial charge in [-0.05, 0) is 11.6 Å². The van der Waals surface area contributed by atoms with Gasteiger partial charge in [0.15, 0.2) is 0 Å². The predicted molar refractivity (Wildman–Crippen MR) is 68.7 cm³/mol. The standard InChI is InChI=1S/C14H16N2O2/c1-2-14(18)16-9-8-15-13(17)10-12(16)11-6-4-3-5-7-11/h2-7,12H,1,8-10H2,(H,15,17)/t12-/m0/s1. The van der Waals surface area contributed by atoms with E-state index in [1.54, 1.807) is 4.90 Å². The minimum absolute atomic E-state index is 0.0248. The summed E-state index contributed by atoms with van der Waals surface area (Å²) in [5, 5.41) is 2.79. The minimum Gasteiger partial charge on any atom is -0.354 e. The van der Waals surface area contributed by atoms with Gasteiger partial charge in [-0.1, -0.05) is 36.9 Å². The van der Waals surface area contributed by atoms with Crippen LogP contribution in [0.25, 0.3) is 0 Å². The molecule has 1 saturated heterocycles. The number of carbonyl (C=O) groups is 2. The zero-order valence-corrected chi connectivity index (χ0v) is 10.1. The van der Waals surface area contributed by atoms with Crippen molar-refractivity contribution in [3.05, 3.63) is 48.6 Å². The highest BCUT2D eigenvalue weighted by Gasteiger charge is 2.28. The maximum Gasteiger partial charge on any atom is 0.246 e. The highest BCUT2D eigenvalue weighted by molar-refractivity contribution is 5.88. The van der Waals surface area contributed by atoms with E-state index >= 15 is 0 Å². The molecule has 1 heterocycles. The molecule has 4 heteroatoms. The molecule has 0 saturated carbocycles. The van der Waals surface area contributed by atoms with E-state index in [9.17, 15) is 9.59 Å². The minimum atomic E-state index is -0.209. The largest absolute Gasteiger partial charge is 0.354 e. The second-order valence-corrected chi connectivity index (χ2v) is 4.22. The van der Waals surface area contributed by atoms with E-state index in [1.165, 1.54) is 6.08 Å². The number of hydrogen-bond donors (Lipinski definition) is 1. The number of rotatable bonds is 2. The van der Waals surface area contributed by atoms with E-state index in [4.69, 9.17) is 0 Å². The van der Waals surface area contributed by atoms with Gasteiger partial charge in [0.1, 0.15) is 0 Å². The van der Waals surface area contributed by atoms with Gasteiger partial charge in [0, 0.05) is 13.1 Å². The molecule has 1 N–H and O–H groups in total. The lowest BCUT2D eigenvalue weighted by Crippen LogP contribution is -2.35. The molecule has 4 nitrogen and oxygen atoms in total. The summed E-state index contributed by atoms with van der Waals surface area (Å²) in [5.74, 6) is -0.163. The Morgan fingerprint density at radius 3 is 2.78 bits per heavy atom. The molecule has 1 atom stereocenters. The summed E-state index contributed by atoms with van der Waals surface area (Å²) in [6.45, 7) is 4.51. The summed E-state index contributed by atoms with van der Waals surface area (Å²) in [6, 6.07) is 9.40.